The molecule has 0 spiro atoms. The maximum Gasteiger partial charge on any atom is 0.255 e. The molecule has 0 aliphatic carbocycles. The van der Waals surface area contributed by atoms with Gasteiger partial charge in [0.25, 0.3) is 5.91 Å². The van der Waals surface area contributed by atoms with Crippen LogP contribution < -0.4 is 10.6 Å². The smallest absolute Gasteiger partial charge is 0.255 e. The zero-order valence-corrected chi connectivity index (χ0v) is 12.2. The molecular formula is C15H21N3O3. The Labute approximate surface area is 123 Å². The number of nitrogens with one attached hydrogen (secondary N) is 2. The van der Waals surface area contributed by atoms with Crippen LogP contribution in [0.15, 0.2) is 23.0 Å². The molecule has 3 heterocycles. The Morgan fingerprint density at radius 3 is 2.95 bits per heavy atom. The van der Waals surface area contributed by atoms with E-state index in [-0.39, 0.29) is 11.8 Å². The topological polar surface area (TPSA) is 74.6 Å². The number of amides is 2. The van der Waals surface area contributed by atoms with Gasteiger partial charge in [-0.25, -0.2) is 0 Å². The Hall–Kier alpha value is -1.82. The zero-order valence-electron chi connectivity index (χ0n) is 12.2. The third kappa shape index (κ3) is 3.10. The summed E-state index contributed by atoms with van der Waals surface area (Å²) in [5, 5.41) is 6.28. The van der Waals surface area contributed by atoms with E-state index in [9.17, 15) is 9.59 Å². The monoisotopic (exact) mass is 291 g/mol. The second-order valence-electron chi connectivity index (χ2n) is 5.92. The fourth-order valence-electron chi connectivity index (χ4n) is 3.15. The molecule has 0 radical (unpaired) electrons. The standard InChI is InChI=1S/C15H21N3O3/c1-10(16-14(19)11-5-7-21-9-11)15(20)18-6-4-12-2-3-13(8-18)17-12/h5,7,9-10,12-13,17H,2-4,6,8H2,1H3,(H,16,19). The molecule has 6 nitrogen and oxygen atoms in total. The van der Waals surface area contributed by atoms with Crippen molar-refractivity contribution in [1.29, 1.82) is 0 Å². The largest absolute Gasteiger partial charge is 0.472 e. The highest BCUT2D eigenvalue weighted by Gasteiger charge is 2.32. The molecule has 114 valence electrons. The molecule has 0 aromatic carbocycles. The van der Waals surface area contributed by atoms with Gasteiger partial charge in [0.1, 0.15) is 12.3 Å². The van der Waals surface area contributed by atoms with Crippen LogP contribution in [0, 0.1) is 0 Å². The summed E-state index contributed by atoms with van der Waals surface area (Å²) in [5.41, 5.74) is 0.436. The molecule has 2 N–H and O–H groups in total. The summed E-state index contributed by atoms with van der Waals surface area (Å²) in [7, 11) is 0. The predicted octanol–water partition coefficient (Wildman–Crippen LogP) is 0.751. The van der Waals surface area contributed by atoms with Crippen molar-refractivity contribution in [3.8, 4) is 0 Å². The summed E-state index contributed by atoms with van der Waals surface area (Å²) in [6.07, 6.45) is 6.15. The van der Waals surface area contributed by atoms with Gasteiger partial charge < -0.3 is 20.0 Å². The summed E-state index contributed by atoms with van der Waals surface area (Å²) in [6, 6.07) is 2.01. The van der Waals surface area contributed by atoms with Gasteiger partial charge in [-0.2, -0.15) is 0 Å². The van der Waals surface area contributed by atoms with Crippen molar-refractivity contribution in [3.63, 3.8) is 0 Å². The third-order valence-corrected chi connectivity index (χ3v) is 4.34. The van der Waals surface area contributed by atoms with Gasteiger partial charge in [-0.3, -0.25) is 9.59 Å². The normalized spacial score (nSPS) is 26.2. The van der Waals surface area contributed by atoms with Crippen LogP contribution in [0.2, 0.25) is 0 Å². The molecule has 3 atom stereocenters. The molecule has 1 aromatic rings. The SMILES string of the molecule is CC(NC(=O)c1ccoc1)C(=O)N1CCC2CCC(C1)N2. The van der Waals surface area contributed by atoms with Gasteiger partial charge in [-0.05, 0) is 32.3 Å². The van der Waals surface area contributed by atoms with Crippen LogP contribution >= 0.6 is 0 Å². The van der Waals surface area contributed by atoms with E-state index in [0.717, 1.165) is 25.9 Å². The Morgan fingerprint density at radius 2 is 2.19 bits per heavy atom. The van der Waals surface area contributed by atoms with Gasteiger partial charge >= 0.3 is 0 Å². The quantitative estimate of drug-likeness (QED) is 0.862. The van der Waals surface area contributed by atoms with Crippen molar-refractivity contribution in [2.75, 3.05) is 13.1 Å². The van der Waals surface area contributed by atoms with E-state index in [2.05, 4.69) is 10.6 Å². The Bertz CT molecular complexity index is 514. The molecule has 1 aromatic heterocycles. The third-order valence-electron chi connectivity index (χ3n) is 4.34. The summed E-state index contributed by atoms with van der Waals surface area (Å²) >= 11 is 0. The first-order chi connectivity index (χ1) is 10.1. The Morgan fingerprint density at radius 1 is 1.38 bits per heavy atom. The second kappa shape index (κ2) is 5.89. The lowest BCUT2D eigenvalue weighted by molar-refractivity contribution is -0.133. The van der Waals surface area contributed by atoms with E-state index in [0.29, 0.717) is 17.6 Å². The maximum atomic E-state index is 12.5. The number of likely N-dealkylation sites (tertiary alicyclic amines) is 1. The van der Waals surface area contributed by atoms with Crippen molar-refractivity contribution in [2.45, 2.75) is 44.3 Å². The first kappa shape index (κ1) is 14.1. The molecule has 6 heteroatoms. The van der Waals surface area contributed by atoms with E-state index in [1.54, 1.807) is 13.0 Å². The number of fused-ring (bicyclic) bond motifs is 2. The fraction of sp³-hybridized carbons (Fsp3) is 0.600. The van der Waals surface area contributed by atoms with Crippen molar-refractivity contribution in [3.05, 3.63) is 24.2 Å². The summed E-state index contributed by atoms with van der Waals surface area (Å²) in [5.74, 6) is -0.291. The van der Waals surface area contributed by atoms with Gasteiger partial charge in [0.15, 0.2) is 0 Å². The summed E-state index contributed by atoms with van der Waals surface area (Å²) in [6.45, 7) is 3.23. The lowest BCUT2D eigenvalue weighted by Gasteiger charge is -2.27. The Balaban J connectivity index is 1.58. The molecule has 2 aliphatic heterocycles. The molecule has 0 saturated carbocycles. The van der Waals surface area contributed by atoms with E-state index >= 15 is 0 Å². The number of furan rings is 1. The van der Waals surface area contributed by atoms with Gasteiger partial charge in [0, 0.05) is 25.2 Å². The predicted molar refractivity (Wildman–Crippen MR) is 76.8 cm³/mol. The molecule has 2 saturated heterocycles. The van der Waals surface area contributed by atoms with E-state index in [4.69, 9.17) is 4.42 Å². The van der Waals surface area contributed by atoms with Crippen molar-refractivity contribution < 1.29 is 14.0 Å². The number of carbonyl (C=O) groups is 2. The number of hydrogen-bond acceptors (Lipinski definition) is 4. The number of nitrogens with zero attached hydrogens (tertiary/aromatic N) is 1. The minimum atomic E-state index is -0.524. The minimum absolute atomic E-state index is 0.0128. The highest BCUT2D eigenvalue weighted by Crippen LogP contribution is 2.20. The number of rotatable bonds is 3. The molecule has 2 fully saturated rings. The van der Waals surface area contributed by atoms with Crippen molar-refractivity contribution in [1.82, 2.24) is 15.5 Å². The highest BCUT2D eigenvalue weighted by atomic mass is 16.3. The first-order valence-electron chi connectivity index (χ1n) is 7.51. The van der Waals surface area contributed by atoms with Crippen LogP contribution in [0.1, 0.15) is 36.5 Å². The number of carbonyl (C=O) groups excluding carboxylic acids is 2. The van der Waals surface area contributed by atoms with Crippen LogP contribution in [-0.2, 0) is 4.79 Å². The van der Waals surface area contributed by atoms with E-state index in [1.807, 2.05) is 4.90 Å². The van der Waals surface area contributed by atoms with Gasteiger partial charge in [0.05, 0.1) is 11.8 Å². The maximum absolute atomic E-state index is 12.5. The molecular weight excluding hydrogens is 270 g/mol. The van der Waals surface area contributed by atoms with Gasteiger partial charge in [0.2, 0.25) is 5.91 Å². The molecule has 3 unspecified atom stereocenters. The highest BCUT2D eigenvalue weighted by molar-refractivity contribution is 5.97. The second-order valence-corrected chi connectivity index (χ2v) is 5.92. The lowest BCUT2D eigenvalue weighted by atomic mass is 10.1. The molecule has 2 amide bonds. The van der Waals surface area contributed by atoms with E-state index < -0.39 is 6.04 Å². The molecule has 2 bridgehead atoms. The lowest BCUT2D eigenvalue weighted by Crippen LogP contribution is -2.49. The molecule has 2 aliphatic rings. The Kier molecular flexibility index (Phi) is 3.96. The van der Waals surface area contributed by atoms with Crippen LogP contribution in [0.5, 0.6) is 0 Å². The van der Waals surface area contributed by atoms with Crippen LogP contribution in [0.4, 0.5) is 0 Å². The average Bonchev–Trinajstić information content (AvgIpc) is 3.07. The summed E-state index contributed by atoms with van der Waals surface area (Å²) in [4.78, 5) is 26.3. The van der Waals surface area contributed by atoms with E-state index in [1.165, 1.54) is 18.9 Å². The van der Waals surface area contributed by atoms with Crippen molar-refractivity contribution >= 4 is 11.8 Å². The van der Waals surface area contributed by atoms with Gasteiger partial charge in [-0.15, -0.1) is 0 Å². The number of hydrogen-bond donors (Lipinski definition) is 2. The zero-order chi connectivity index (χ0) is 14.8. The van der Waals surface area contributed by atoms with Crippen LogP contribution in [0.25, 0.3) is 0 Å². The molecule has 3 rings (SSSR count). The van der Waals surface area contributed by atoms with Gasteiger partial charge in [-0.1, -0.05) is 0 Å². The first-order valence-corrected chi connectivity index (χ1v) is 7.51. The summed E-state index contributed by atoms with van der Waals surface area (Å²) < 4.78 is 4.88. The molecule has 21 heavy (non-hydrogen) atoms. The van der Waals surface area contributed by atoms with Crippen LogP contribution in [0.3, 0.4) is 0 Å². The fourth-order valence-corrected chi connectivity index (χ4v) is 3.15. The van der Waals surface area contributed by atoms with Crippen LogP contribution in [-0.4, -0.2) is 47.9 Å². The average molecular weight is 291 g/mol. The minimum Gasteiger partial charge on any atom is -0.472 e. The van der Waals surface area contributed by atoms with Crippen molar-refractivity contribution in [2.24, 2.45) is 0 Å².